The predicted molar refractivity (Wildman–Crippen MR) is 82.8 cm³/mol. The van der Waals surface area contributed by atoms with Crippen LogP contribution in [0.1, 0.15) is 26.2 Å². The Hall–Kier alpha value is -0.430. The van der Waals surface area contributed by atoms with Gasteiger partial charge in [0.15, 0.2) is 0 Å². The number of hydrogen-bond acceptors (Lipinski definition) is 4. The maximum Gasteiger partial charge on any atom is 0.225 e. The first-order chi connectivity index (χ1) is 8.79. The molecule has 0 saturated carbocycles. The Kier molecular flexibility index (Phi) is 5.62. The lowest BCUT2D eigenvalue weighted by Gasteiger charge is -2.32. The fraction of sp³-hybridized carbons (Fsp3) is 0.692. The molecule has 0 atom stereocenters. The van der Waals surface area contributed by atoms with E-state index in [1.165, 1.54) is 19.3 Å². The third kappa shape index (κ3) is 4.05. The molecule has 1 aromatic heterocycles. The lowest BCUT2D eigenvalue weighted by atomic mass is 9.97. The van der Waals surface area contributed by atoms with E-state index < -0.39 is 0 Å². The fourth-order valence-electron chi connectivity index (χ4n) is 2.29. The van der Waals surface area contributed by atoms with Gasteiger partial charge in [-0.1, -0.05) is 6.92 Å². The van der Waals surface area contributed by atoms with Crippen molar-refractivity contribution in [2.24, 2.45) is 5.92 Å². The van der Waals surface area contributed by atoms with E-state index in [1.807, 2.05) is 12.4 Å². The smallest absolute Gasteiger partial charge is 0.225 e. The second kappa shape index (κ2) is 7.23. The van der Waals surface area contributed by atoms with Crippen LogP contribution in [0.15, 0.2) is 12.4 Å². The van der Waals surface area contributed by atoms with Gasteiger partial charge in [-0.25, -0.2) is 9.97 Å². The maximum absolute atomic E-state index is 4.39. The standard InChI is InChI=1S/C13H21IN4/c1-2-5-15-8-11-3-6-18(7-4-11)13-16-9-12(14)10-17-13/h9-11,15H,2-8H2,1H3. The molecule has 0 amide bonds. The maximum atomic E-state index is 4.39. The Morgan fingerprint density at radius 1 is 1.33 bits per heavy atom. The molecule has 1 saturated heterocycles. The first kappa shape index (κ1) is 14.0. The summed E-state index contributed by atoms with van der Waals surface area (Å²) in [6, 6.07) is 0. The molecule has 100 valence electrons. The normalized spacial score (nSPS) is 17.1. The van der Waals surface area contributed by atoms with Gasteiger partial charge in [-0.05, 0) is 60.9 Å². The third-order valence-corrected chi connectivity index (χ3v) is 3.92. The Bertz CT molecular complexity index is 347. The van der Waals surface area contributed by atoms with E-state index in [9.17, 15) is 0 Å². The highest BCUT2D eigenvalue weighted by atomic mass is 127. The average molecular weight is 360 g/mol. The summed E-state index contributed by atoms with van der Waals surface area (Å²) in [5.74, 6) is 1.70. The molecule has 2 heterocycles. The highest BCUT2D eigenvalue weighted by molar-refractivity contribution is 14.1. The number of halogens is 1. The molecule has 18 heavy (non-hydrogen) atoms. The summed E-state index contributed by atoms with van der Waals surface area (Å²) in [6.07, 6.45) is 7.48. The van der Waals surface area contributed by atoms with Crippen LogP contribution in [0.3, 0.4) is 0 Å². The van der Waals surface area contributed by atoms with E-state index >= 15 is 0 Å². The zero-order chi connectivity index (χ0) is 12.8. The number of piperidine rings is 1. The van der Waals surface area contributed by atoms with Crippen molar-refractivity contribution in [2.45, 2.75) is 26.2 Å². The molecule has 0 aliphatic carbocycles. The minimum Gasteiger partial charge on any atom is -0.341 e. The molecule has 1 N–H and O–H groups in total. The van der Waals surface area contributed by atoms with Gasteiger partial charge in [0.05, 0.1) is 0 Å². The quantitative estimate of drug-likeness (QED) is 0.646. The zero-order valence-corrected chi connectivity index (χ0v) is 13.1. The summed E-state index contributed by atoms with van der Waals surface area (Å²) in [5, 5.41) is 3.52. The van der Waals surface area contributed by atoms with E-state index in [2.05, 4.69) is 49.7 Å². The SMILES string of the molecule is CCCNCC1CCN(c2ncc(I)cn2)CC1. The molecule has 2 rings (SSSR count). The molecule has 1 fully saturated rings. The number of anilines is 1. The Labute approximate surface area is 123 Å². The van der Waals surface area contributed by atoms with Gasteiger partial charge < -0.3 is 10.2 Å². The van der Waals surface area contributed by atoms with Crippen LogP contribution in [-0.4, -0.2) is 36.1 Å². The molecule has 0 unspecified atom stereocenters. The third-order valence-electron chi connectivity index (χ3n) is 3.36. The molecular formula is C13H21IN4. The summed E-state index contributed by atoms with van der Waals surface area (Å²) in [7, 11) is 0. The Morgan fingerprint density at radius 3 is 2.61 bits per heavy atom. The van der Waals surface area contributed by atoms with Crippen molar-refractivity contribution in [3.8, 4) is 0 Å². The minimum absolute atomic E-state index is 0.816. The molecule has 1 aliphatic rings. The van der Waals surface area contributed by atoms with Crippen molar-refractivity contribution in [3.05, 3.63) is 16.0 Å². The number of aromatic nitrogens is 2. The first-order valence-electron chi connectivity index (χ1n) is 6.72. The van der Waals surface area contributed by atoms with Crippen LogP contribution in [-0.2, 0) is 0 Å². The fourth-order valence-corrected chi connectivity index (χ4v) is 2.57. The lowest BCUT2D eigenvalue weighted by Crippen LogP contribution is -2.38. The second-order valence-electron chi connectivity index (χ2n) is 4.84. The highest BCUT2D eigenvalue weighted by Crippen LogP contribution is 2.20. The van der Waals surface area contributed by atoms with Crippen molar-refractivity contribution >= 4 is 28.5 Å². The molecule has 0 spiro atoms. The molecule has 5 heteroatoms. The van der Waals surface area contributed by atoms with Crippen LogP contribution in [0.2, 0.25) is 0 Å². The van der Waals surface area contributed by atoms with E-state index in [1.54, 1.807) is 0 Å². The van der Waals surface area contributed by atoms with Crippen LogP contribution in [0.4, 0.5) is 5.95 Å². The highest BCUT2D eigenvalue weighted by Gasteiger charge is 2.20. The largest absolute Gasteiger partial charge is 0.341 e. The summed E-state index contributed by atoms with van der Waals surface area (Å²) in [6.45, 7) is 6.68. The molecule has 0 bridgehead atoms. The van der Waals surface area contributed by atoms with Crippen LogP contribution in [0.25, 0.3) is 0 Å². The zero-order valence-electron chi connectivity index (χ0n) is 10.9. The van der Waals surface area contributed by atoms with Crippen molar-refractivity contribution in [1.82, 2.24) is 15.3 Å². The number of nitrogens with one attached hydrogen (secondary N) is 1. The second-order valence-corrected chi connectivity index (χ2v) is 6.08. The van der Waals surface area contributed by atoms with Gasteiger partial charge in [-0.15, -0.1) is 0 Å². The summed E-state index contributed by atoms with van der Waals surface area (Å²) in [4.78, 5) is 11.1. The molecule has 0 aromatic carbocycles. The van der Waals surface area contributed by atoms with Gasteiger partial charge in [-0.2, -0.15) is 0 Å². The summed E-state index contributed by atoms with van der Waals surface area (Å²) < 4.78 is 1.09. The van der Waals surface area contributed by atoms with Crippen molar-refractivity contribution in [3.63, 3.8) is 0 Å². The van der Waals surface area contributed by atoms with E-state index in [0.717, 1.165) is 41.6 Å². The Morgan fingerprint density at radius 2 is 2.00 bits per heavy atom. The number of hydrogen-bond donors (Lipinski definition) is 1. The number of rotatable bonds is 5. The summed E-state index contributed by atoms with van der Waals surface area (Å²) in [5.41, 5.74) is 0. The van der Waals surface area contributed by atoms with Gasteiger partial charge in [0.1, 0.15) is 0 Å². The van der Waals surface area contributed by atoms with Crippen molar-refractivity contribution in [2.75, 3.05) is 31.1 Å². The molecule has 0 radical (unpaired) electrons. The van der Waals surface area contributed by atoms with E-state index in [0.29, 0.717) is 0 Å². The summed E-state index contributed by atoms with van der Waals surface area (Å²) >= 11 is 2.24. The number of nitrogens with zero attached hydrogens (tertiary/aromatic N) is 3. The molecular weight excluding hydrogens is 339 g/mol. The monoisotopic (exact) mass is 360 g/mol. The minimum atomic E-state index is 0.816. The average Bonchev–Trinajstić information content (AvgIpc) is 2.41. The topological polar surface area (TPSA) is 41.0 Å². The van der Waals surface area contributed by atoms with Gasteiger partial charge >= 0.3 is 0 Å². The van der Waals surface area contributed by atoms with Crippen molar-refractivity contribution in [1.29, 1.82) is 0 Å². The Balaban J connectivity index is 1.77. The van der Waals surface area contributed by atoms with Gasteiger partial charge in [0.25, 0.3) is 0 Å². The van der Waals surface area contributed by atoms with Crippen LogP contribution >= 0.6 is 22.6 Å². The van der Waals surface area contributed by atoms with Gasteiger partial charge in [-0.3, -0.25) is 0 Å². The first-order valence-corrected chi connectivity index (χ1v) is 7.80. The molecule has 1 aliphatic heterocycles. The molecule has 4 nitrogen and oxygen atoms in total. The van der Waals surface area contributed by atoms with Crippen molar-refractivity contribution < 1.29 is 0 Å². The molecule has 1 aromatic rings. The predicted octanol–water partition coefficient (Wildman–Crippen LogP) is 2.30. The van der Waals surface area contributed by atoms with Gasteiger partial charge in [0, 0.05) is 29.1 Å². The van der Waals surface area contributed by atoms with Gasteiger partial charge in [0.2, 0.25) is 5.95 Å². The van der Waals surface area contributed by atoms with Crippen LogP contribution in [0, 0.1) is 9.49 Å². The lowest BCUT2D eigenvalue weighted by molar-refractivity contribution is 0.381. The van der Waals surface area contributed by atoms with E-state index in [-0.39, 0.29) is 0 Å². The van der Waals surface area contributed by atoms with Crippen LogP contribution < -0.4 is 10.2 Å². The van der Waals surface area contributed by atoms with E-state index in [4.69, 9.17) is 0 Å². The van der Waals surface area contributed by atoms with Crippen LogP contribution in [0.5, 0.6) is 0 Å².